The maximum Gasteiger partial charge on any atom is 0.262 e. The lowest BCUT2D eigenvalue weighted by Crippen LogP contribution is -2.27. The summed E-state index contributed by atoms with van der Waals surface area (Å²) in [5.74, 6) is 0.194. The molecule has 2 aromatic rings. The normalized spacial score (nSPS) is 11.5. The molecule has 0 aliphatic heterocycles. The van der Waals surface area contributed by atoms with Gasteiger partial charge in [-0.05, 0) is 54.8 Å². The van der Waals surface area contributed by atoms with Crippen molar-refractivity contribution in [2.75, 3.05) is 18.5 Å². The third-order valence-corrected chi connectivity index (χ3v) is 5.69. The lowest BCUT2D eigenvalue weighted by Gasteiger charge is -2.13. The number of benzene rings is 2. The summed E-state index contributed by atoms with van der Waals surface area (Å²) in [7, 11) is -3.59. The van der Waals surface area contributed by atoms with Gasteiger partial charge in [0.15, 0.2) is 6.61 Å². The summed E-state index contributed by atoms with van der Waals surface area (Å²) in [6, 6.07) is 9.21. The fourth-order valence-electron chi connectivity index (χ4n) is 2.23. The van der Waals surface area contributed by atoms with E-state index in [1.165, 1.54) is 24.3 Å². The molecular weight excluding hydrogens is 423 g/mol. The Kier molecular flexibility index (Phi) is 7.71. The molecule has 0 spiro atoms. The van der Waals surface area contributed by atoms with Crippen molar-refractivity contribution in [1.82, 2.24) is 4.72 Å². The second-order valence-electron chi connectivity index (χ2n) is 6.63. The smallest absolute Gasteiger partial charge is 0.262 e. The largest absolute Gasteiger partial charge is 0.483 e. The van der Waals surface area contributed by atoms with Crippen LogP contribution < -0.4 is 14.8 Å². The van der Waals surface area contributed by atoms with Crippen molar-refractivity contribution in [2.24, 2.45) is 5.92 Å². The van der Waals surface area contributed by atoms with Crippen LogP contribution >= 0.6 is 23.2 Å². The first-order valence-electron chi connectivity index (χ1n) is 8.56. The maximum absolute atomic E-state index is 12.3. The van der Waals surface area contributed by atoms with E-state index in [9.17, 15) is 13.2 Å². The zero-order valence-corrected chi connectivity index (χ0v) is 18.1. The van der Waals surface area contributed by atoms with Crippen molar-refractivity contribution >= 4 is 44.8 Å². The molecule has 0 atom stereocenters. The van der Waals surface area contributed by atoms with E-state index >= 15 is 0 Å². The van der Waals surface area contributed by atoms with Gasteiger partial charge in [0.05, 0.1) is 15.6 Å². The second-order valence-corrected chi connectivity index (χ2v) is 9.24. The molecule has 0 fully saturated rings. The minimum atomic E-state index is -3.59. The number of hydrogen-bond acceptors (Lipinski definition) is 4. The standard InChI is InChI=1S/C19H22Cl2N2O4S/c1-12(2)10-22-28(25,26)15-5-7-18(13(3)8-15)27-11-19(24)23-17-9-14(20)4-6-16(17)21/h4-9,12,22H,10-11H2,1-3H3,(H,23,24). The number of carbonyl (C=O) groups excluding carboxylic acids is 1. The molecule has 1 amide bonds. The molecule has 0 bridgehead atoms. The van der Waals surface area contributed by atoms with Gasteiger partial charge in [-0.1, -0.05) is 37.0 Å². The minimum absolute atomic E-state index is 0.146. The quantitative estimate of drug-likeness (QED) is 0.636. The average Bonchev–Trinajstić information content (AvgIpc) is 2.62. The van der Waals surface area contributed by atoms with Gasteiger partial charge < -0.3 is 10.1 Å². The average molecular weight is 445 g/mol. The molecule has 2 N–H and O–H groups in total. The molecule has 0 aliphatic rings. The maximum atomic E-state index is 12.3. The number of carbonyl (C=O) groups is 1. The highest BCUT2D eigenvalue weighted by atomic mass is 35.5. The first kappa shape index (κ1) is 22.5. The van der Waals surface area contributed by atoms with Gasteiger partial charge in [0.2, 0.25) is 10.0 Å². The van der Waals surface area contributed by atoms with E-state index in [1.807, 2.05) is 13.8 Å². The molecule has 0 saturated heterocycles. The summed E-state index contributed by atoms with van der Waals surface area (Å²) in [6.45, 7) is 5.65. The van der Waals surface area contributed by atoms with Crippen LogP contribution in [0.2, 0.25) is 10.0 Å². The number of amides is 1. The molecule has 0 radical (unpaired) electrons. The third-order valence-electron chi connectivity index (χ3n) is 3.70. The van der Waals surface area contributed by atoms with Crippen molar-refractivity contribution in [1.29, 1.82) is 0 Å². The van der Waals surface area contributed by atoms with E-state index < -0.39 is 15.9 Å². The number of aryl methyl sites for hydroxylation is 1. The van der Waals surface area contributed by atoms with E-state index in [0.717, 1.165) is 0 Å². The highest BCUT2D eigenvalue weighted by Gasteiger charge is 2.16. The van der Waals surface area contributed by atoms with Gasteiger partial charge in [-0.25, -0.2) is 13.1 Å². The van der Waals surface area contributed by atoms with Crippen molar-refractivity contribution in [3.63, 3.8) is 0 Å². The number of sulfonamides is 1. The molecule has 9 heteroatoms. The zero-order valence-electron chi connectivity index (χ0n) is 15.8. The number of rotatable bonds is 8. The molecular formula is C19H22Cl2N2O4S. The van der Waals surface area contributed by atoms with Crippen LogP contribution in [0.15, 0.2) is 41.3 Å². The fraction of sp³-hybridized carbons (Fsp3) is 0.316. The molecule has 0 aromatic heterocycles. The molecule has 2 rings (SSSR count). The number of anilines is 1. The van der Waals surface area contributed by atoms with Crippen molar-refractivity contribution in [3.05, 3.63) is 52.0 Å². The van der Waals surface area contributed by atoms with Crippen LogP contribution in [0.5, 0.6) is 5.75 Å². The van der Waals surface area contributed by atoms with Crippen LogP contribution in [0.4, 0.5) is 5.69 Å². The number of nitrogens with one attached hydrogen (secondary N) is 2. The Morgan fingerprint density at radius 1 is 1.14 bits per heavy atom. The van der Waals surface area contributed by atoms with E-state index in [-0.39, 0.29) is 17.4 Å². The molecule has 0 unspecified atom stereocenters. The molecule has 2 aromatic carbocycles. The van der Waals surface area contributed by atoms with Crippen molar-refractivity contribution in [2.45, 2.75) is 25.7 Å². The predicted molar refractivity (Wildman–Crippen MR) is 112 cm³/mol. The Balaban J connectivity index is 2.01. The number of hydrogen-bond donors (Lipinski definition) is 2. The Morgan fingerprint density at radius 2 is 1.86 bits per heavy atom. The van der Waals surface area contributed by atoms with E-state index in [1.54, 1.807) is 19.1 Å². The SMILES string of the molecule is Cc1cc(S(=O)(=O)NCC(C)C)ccc1OCC(=O)Nc1cc(Cl)ccc1Cl. The van der Waals surface area contributed by atoms with Crippen molar-refractivity contribution in [3.8, 4) is 5.75 Å². The summed E-state index contributed by atoms with van der Waals surface area (Å²) in [4.78, 5) is 12.2. The highest BCUT2D eigenvalue weighted by molar-refractivity contribution is 7.89. The van der Waals surface area contributed by atoms with Gasteiger partial charge in [-0.15, -0.1) is 0 Å². The van der Waals surface area contributed by atoms with Crippen LogP contribution in [0, 0.1) is 12.8 Å². The van der Waals surface area contributed by atoms with Gasteiger partial charge in [0.1, 0.15) is 5.75 Å². The topological polar surface area (TPSA) is 84.5 Å². The molecule has 6 nitrogen and oxygen atoms in total. The van der Waals surface area contributed by atoms with Gasteiger partial charge in [0, 0.05) is 11.6 Å². The Bertz CT molecular complexity index is 962. The number of halogens is 2. The Hall–Kier alpha value is -1.80. The Morgan fingerprint density at radius 3 is 2.50 bits per heavy atom. The third kappa shape index (κ3) is 6.38. The van der Waals surface area contributed by atoms with Gasteiger partial charge >= 0.3 is 0 Å². The summed E-state index contributed by atoms with van der Waals surface area (Å²) in [5.41, 5.74) is 0.984. The van der Waals surface area contributed by atoms with Crippen LogP contribution in [0.3, 0.4) is 0 Å². The first-order chi connectivity index (χ1) is 13.1. The van der Waals surface area contributed by atoms with Gasteiger partial charge in [-0.3, -0.25) is 4.79 Å². The summed E-state index contributed by atoms with van der Waals surface area (Å²) >= 11 is 11.9. The Labute approximate surface area is 175 Å². The summed E-state index contributed by atoms with van der Waals surface area (Å²) < 4.78 is 32.6. The summed E-state index contributed by atoms with van der Waals surface area (Å²) in [6.07, 6.45) is 0. The van der Waals surface area contributed by atoms with Crippen LogP contribution in [-0.4, -0.2) is 27.5 Å². The lowest BCUT2D eigenvalue weighted by molar-refractivity contribution is -0.118. The minimum Gasteiger partial charge on any atom is -0.483 e. The zero-order chi connectivity index (χ0) is 20.9. The molecule has 0 heterocycles. The van der Waals surface area contributed by atoms with E-state index in [0.29, 0.717) is 33.6 Å². The summed E-state index contributed by atoms with van der Waals surface area (Å²) in [5, 5.41) is 3.42. The van der Waals surface area contributed by atoms with Crippen LogP contribution in [0.25, 0.3) is 0 Å². The van der Waals surface area contributed by atoms with Gasteiger partial charge in [-0.2, -0.15) is 0 Å². The predicted octanol–water partition coefficient (Wildman–Crippen LogP) is 4.25. The fourth-order valence-corrected chi connectivity index (χ4v) is 3.87. The molecule has 0 aliphatic carbocycles. The van der Waals surface area contributed by atoms with Gasteiger partial charge in [0.25, 0.3) is 5.91 Å². The van der Waals surface area contributed by atoms with Crippen molar-refractivity contribution < 1.29 is 17.9 Å². The van der Waals surface area contributed by atoms with Crippen LogP contribution in [-0.2, 0) is 14.8 Å². The van der Waals surface area contributed by atoms with E-state index in [4.69, 9.17) is 27.9 Å². The lowest BCUT2D eigenvalue weighted by atomic mass is 10.2. The second kappa shape index (κ2) is 9.60. The van der Waals surface area contributed by atoms with Crippen LogP contribution in [0.1, 0.15) is 19.4 Å². The molecule has 0 saturated carbocycles. The first-order valence-corrected chi connectivity index (χ1v) is 10.8. The monoisotopic (exact) mass is 444 g/mol. The molecule has 28 heavy (non-hydrogen) atoms. The van der Waals surface area contributed by atoms with E-state index in [2.05, 4.69) is 10.0 Å². The highest BCUT2D eigenvalue weighted by Crippen LogP contribution is 2.26. The molecule has 152 valence electrons. The number of ether oxygens (including phenoxy) is 1.